The van der Waals surface area contributed by atoms with Gasteiger partial charge in [0.05, 0.1) is 17.3 Å². The Labute approximate surface area is 234 Å². The van der Waals surface area contributed by atoms with Crippen LogP contribution in [0.4, 0.5) is 5.95 Å². The van der Waals surface area contributed by atoms with E-state index in [9.17, 15) is 9.90 Å². The molecule has 0 bridgehead atoms. The van der Waals surface area contributed by atoms with Gasteiger partial charge in [-0.05, 0) is 85.5 Å². The Hall–Kier alpha value is -3.90. The van der Waals surface area contributed by atoms with Gasteiger partial charge in [0.1, 0.15) is 5.75 Å². The van der Waals surface area contributed by atoms with E-state index in [1.165, 1.54) is 16.7 Å². The second-order valence-electron chi connectivity index (χ2n) is 10.0. The second kappa shape index (κ2) is 12.3. The van der Waals surface area contributed by atoms with Crippen LogP contribution in [-0.2, 0) is 19.3 Å². The third-order valence-electron chi connectivity index (χ3n) is 7.39. The minimum absolute atomic E-state index is 0.171. The molecule has 5 rings (SSSR count). The molecule has 1 amide bonds. The predicted molar refractivity (Wildman–Crippen MR) is 156 cm³/mol. The lowest BCUT2D eigenvalue weighted by molar-refractivity contribution is 0.0952. The van der Waals surface area contributed by atoms with Crippen LogP contribution in [0.5, 0.6) is 5.75 Å². The average Bonchev–Trinajstić information content (AvgIpc) is 3.44. The molecule has 7 heteroatoms. The number of carbonyl (C=O) groups excluding carboxylic acids is 1. The van der Waals surface area contributed by atoms with Crippen molar-refractivity contribution >= 4 is 23.5 Å². The van der Waals surface area contributed by atoms with E-state index in [2.05, 4.69) is 46.4 Å². The number of phenolic OH excluding ortho intramolecular Hbond substituents is 1. The standard InChI is InChI=1S/C32H33ClN4O2/c1-22-5-2-3-6-24(22)12-17-29-28(31(39)34-19-18-23-8-15-27(38)16-9-23)21-35-32(36-29)37-20-4-7-30(37)25-10-13-26(33)14-11-25/h2-3,5-6,8-11,13-16,21,30,38H,4,7,12,17-20H2,1H3,(H,34,39)/t30-/m1/s1. The van der Waals surface area contributed by atoms with Gasteiger partial charge in [-0.2, -0.15) is 0 Å². The lowest BCUT2D eigenvalue weighted by Gasteiger charge is -2.26. The van der Waals surface area contributed by atoms with Crippen molar-refractivity contribution in [2.24, 2.45) is 0 Å². The summed E-state index contributed by atoms with van der Waals surface area (Å²) in [5, 5.41) is 13.3. The summed E-state index contributed by atoms with van der Waals surface area (Å²) in [5.41, 5.74) is 5.98. The van der Waals surface area contributed by atoms with E-state index in [4.69, 9.17) is 16.6 Å². The fourth-order valence-corrected chi connectivity index (χ4v) is 5.31. The summed E-state index contributed by atoms with van der Waals surface area (Å²) >= 11 is 6.13. The largest absolute Gasteiger partial charge is 0.508 e. The molecule has 3 aromatic carbocycles. The van der Waals surface area contributed by atoms with Gasteiger partial charge in [-0.15, -0.1) is 0 Å². The number of rotatable bonds is 9. The number of amides is 1. The van der Waals surface area contributed by atoms with Crippen LogP contribution in [0, 0.1) is 6.92 Å². The number of anilines is 1. The highest BCUT2D eigenvalue weighted by molar-refractivity contribution is 6.30. The quantitative estimate of drug-likeness (QED) is 0.262. The third-order valence-corrected chi connectivity index (χ3v) is 7.64. The first-order valence-corrected chi connectivity index (χ1v) is 13.8. The van der Waals surface area contributed by atoms with Gasteiger partial charge < -0.3 is 15.3 Å². The second-order valence-corrected chi connectivity index (χ2v) is 10.5. The van der Waals surface area contributed by atoms with Crippen molar-refractivity contribution in [2.45, 2.75) is 45.1 Å². The van der Waals surface area contributed by atoms with E-state index in [1.54, 1.807) is 18.3 Å². The maximum Gasteiger partial charge on any atom is 0.254 e. The van der Waals surface area contributed by atoms with E-state index in [-0.39, 0.29) is 17.7 Å². The van der Waals surface area contributed by atoms with Crippen molar-refractivity contribution in [3.8, 4) is 5.75 Å². The van der Waals surface area contributed by atoms with Gasteiger partial charge in [0, 0.05) is 24.3 Å². The zero-order valence-corrected chi connectivity index (χ0v) is 22.9. The number of halogens is 1. The number of aryl methyl sites for hydroxylation is 3. The van der Waals surface area contributed by atoms with Crippen LogP contribution in [0.1, 0.15) is 57.2 Å². The molecule has 1 fully saturated rings. The minimum atomic E-state index is -0.171. The minimum Gasteiger partial charge on any atom is -0.508 e. The van der Waals surface area contributed by atoms with Crippen LogP contribution in [-0.4, -0.2) is 34.1 Å². The number of hydrogen-bond donors (Lipinski definition) is 2. The lowest BCUT2D eigenvalue weighted by Crippen LogP contribution is -2.29. The maximum atomic E-state index is 13.3. The van der Waals surface area contributed by atoms with Crippen LogP contribution in [0.3, 0.4) is 0 Å². The van der Waals surface area contributed by atoms with Gasteiger partial charge >= 0.3 is 0 Å². The van der Waals surface area contributed by atoms with Crippen molar-refractivity contribution in [3.05, 3.63) is 118 Å². The number of hydrogen-bond acceptors (Lipinski definition) is 5. The SMILES string of the molecule is Cc1ccccc1CCc1nc(N2CCC[C@@H]2c2ccc(Cl)cc2)ncc1C(=O)NCCc1ccc(O)cc1. The van der Waals surface area contributed by atoms with Crippen molar-refractivity contribution < 1.29 is 9.90 Å². The van der Waals surface area contributed by atoms with Crippen molar-refractivity contribution in [1.82, 2.24) is 15.3 Å². The Morgan fingerprint density at radius 2 is 1.79 bits per heavy atom. The number of nitrogens with zero attached hydrogens (tertiary/aromatic N) is 3. The molecule has 0 aliphatic carbocycles. The molecule has 1 aromatic heterocycles. The monoisotopic (exact) mass is 540 g/mol. The lowest BCUT2D eigenvalue weighted by atomic mass is 10.0. The summed E-state index contributed by atoms with van der Waals surface area (Å²) in [6, 6.07) is 23.5. The Balaban J connectivity index is 1.37. The van der Waals surface area contributed by atoms with Crippen LogP contribution < -0.4 is 10.2 Å². The number of aromatic nitrogens is 2. The van der Waals surface area contributed by atoms with Crippen LogP contribution in [0.25, 0.3) is 0 Å². The highest BCUT2D eigenvalue weighted by Gasteiger charge is 2.29. The normalized spacial score (nSPS) is 14.9. The Morgan fingerprint density at radius 3 is 2.56 bits per heavy atom. The van der Waals surface area contributed by atoms with Crippen LogP contribution in [0.15, 0.2) is 79.0 Å². The van der Waals surface area contributed by atoms with Crippen molar-refractivity contribution in [2.75, 3.05) is 18.0 Å². The highest BCUT2D eigenvalue weighted by Crippen LogP contribution is 2.35. The van der Waals surface area contributed by atoms with E-state index in [0.717, 1.165) is 42.1 Å². The van der Waals surface area contributed by atoms with E-state index >= 15 is 0 Å². The fraction of sp³-hybridized carbons (Fsp3) is 0.281. The van der Waals surface area contributed by atoms with Crippen molar-refractivity contribution in [3.63, 3.8) is 0 Å². The molecule has 4 aromatic rings. The number of nitrogens with one attached hydrogen (secondary N) is 1. The number of carbonyl (C=O) groups is 1. The molecule has 0 saturated carbocycles. The van der Waals surface area contributed by atoms with E-state index < -0.39 is 0 Å². The molecule has 1 atom stereocenters. The molecular formula is C32H33ClN4O2. The Bertz CT molecular complexity index is 1420. The molecule has 1 aliphatic rings. The average molecular weight is 541 g/mol. The summed E-state index contributed by atoms with van der Waals surface area (Å²) in [4.78, 5) is 25.2. The number of aromatic hydroxyl groups is 1. The van der Waals surface area contributed by atoms with Gasteiger partial charge in [0.2, 0.25) is 5.95 Å². The first kappa shape index (κ1) is 26.7. The van der Waals surface area contributed by atoms with Crippen LogP contribution >= 0.6 is 11.6 Å². The Morgan fingerprint density at radius 1 is 1.03 bits per heavy atom. The molecule has 6 nitrogen and oxygen atoms in total. The van der Waals surface area contributed by atoms with E-state index in [0.29, 0.717) is 30.9 Å². The molecule has 0 radical (unpaired) electrons. The summed E-state index contributed by atoms with van der Waals surface area (Å²) in [6.45, 7) is 3.45. The van der Waals surface area contributed by atoms with Crippen LogP contribution in [0.2, 0.25) is 5.02 Å². The predicted octanol–water partition coefficient (Wildman–Crippen LogP) is 6.24. The number of phenols is 1. The Kier molecular flexibility index (Phi) is 8.42. The molecular weight excluding hydrogens is 508 g/mol. The van der Waals surface area contributed by atoms with Gasteiger partial charge in [-0.3, -0.25) is 4.79 Å². The molecule has 39 heavy (non-hydrogen) atoms. The van der Waals surface area contributed by atoms with E-state index in [1.807, 2.05) is 36.4 Å². The smallest absolute Gasteiger partial charge is 0.254 e. The molecule has 1 saturated heterocycles. The maximum absolute atomic E-state index is 13.3. The zero-order valence-electron chi connectivity index (χ0n) is 22.1. The molecule has 2 N–H and O–H groups in total. The topological polar surface area (TPSA) is 78.4 Å². The molecule has 1 aliphatic heterocycles. The molecule has 0 unspecified atom stereocenters. The first-order valence-electron chi connectivity index (χ1n) is 13.5. The number of benzene rings is 3. The zero-order chi connectivity index (χ0) is 27.2. The summed E-state index contributed by atoms with van der Waals surface area (Å²) < 4.78 is 0. The first-order chi connectivity index (χ1) is 19.0. The fourth-order valence-electron chi connectivity index (χ4n) is 5.18. The summed E-state index contributed by atoms with van der Waals surface area (Å²) in [6.07, 6.45) is 5.85. The highest BCUT2D eigenvalue weighted by atomic mass is 35.5. The van der Waals surface area contributed by atoms with Gasteiger partial charge in [-0.1, -0.05) is 60.1 Å². The van der Waals surface area contributed by atoms with Gasteiger partial charge in [-0.25, -0.2) is 9.97 Å². The third kappa shape index (κ3) is 6.58. The van der Waals surface area contributed by atoms with Crippen molar-refractivity contribution in [1.29, 1.82) is 0 Å². The summed E-state index contributed by atoms with van der Waals surface area (Å²) in [7, 11) is 0. The van der Waals surface area contributed by atoms with Gasteiger partial charge in [0.15, 0.2) is 0 Å². The molecule has 200 valence electrons. The molecule has 0 spiro atoms. The van der Waals surface area contributed by atoms with Gasteiger partial charge in [0.25, 0.3) is 5.91 Å². The molecule has 2 heterocycles. The summed E-state index contributed by atoms with van der Waals surface area (Å²) in [5.74, 6) is 0.721.